The highest BCUT2D eigenvalue weighted by molar-refractivity contribution is 6.07. The van der Waals surface area contributed by atoms with Gasteiger partial charge in [-0.1, -0.05) is 18.2 Å². The monoisotopic (exact) mass is 403 g/mol. The van der Waals surface area contributed by atoms with E-state index in [2.05, 4.69) is 15.3 Å². The molecular weight excluding hydrogens is 378 g/mol. The van der Waals surface area contributed by atoms with Gasteiger partial charge in [0.15, 0.2) is 5.78 Å². The van der Waals surface area contributed by atoms with Gasteiger partial charge < -0.3 is 20.9 Å². The minimum atomic E-state index is -0.334. The number of pyridine rings is 1. The first-order chi connectivity index (χ1) is 14.5. The van der Waals surface area contributed by atoms with Gasteiger partial charge in [0.25, 0.3) is 0 Å². The minimum Gasteiger partial charge on any atom is -0.370 e. The number of nitrogens with two attached hydrogens (primary N) is 1. The molecule has 0 spiro atoms. The Kier molecular flexibility index (Phi) is 5.63. The largest absolute Gasteiger partial charge is 0.370 e. The van der Waals surface area contributed by atoms with E-state index in [1.165, 1.54) is 0 Å². The van der Waals surface area contributed by atoms with Crippen molar-refractivity contribution in [2.24, 2.45) is 5.73 Å². The van der Waals surface area contributed by atoms with Gasteiger partial charge in [0.2, 0.25) is 5.91 Å². The van der Waals surface area contributed by atoms with Gasteiger partial charge in [-0.2, -0.15) is 0 Å². The van der Waals surface area contributed by atoms with Crippen molar-refractivity contribution in [1.82, 2.24) is 14.9 Å². The van der Waals surface area contributed by atoms with Crippen LogP contribution in [-0.4, -0.2) is 46.2 Å². The predicted molar refractivity (Wildman–Crippen MR) is 117 cm³/mol. The summed E-state index contributed by atoms with van der Waals surface area (Å²) in [5.74, 6) is -0.249. The molecule has 154 valence electrons. The zero-order chi connectivity index (χ0) is 21.1. The number of benzene rings is 1. The third-order valence-corrected chi connectivity index (χ3v) is 5.56. The number of aromatic nitrogens is 2. The van der Waals surface area contributed by atoms with E-state index in [0.29, 0.717) is 24.9 Å². The Morgan fingerprint density at radius 3 is 2.63 bits per heavy atom. The molecule has 0 saturated carbocycles. The van der Waals surface area contributed by atoms with Gasteiger partial charge in [-0.15, -0.1) is 0 Å². The molecule has 0 aliphatic heterocycles. The molecule has 0 bridgehead atoms. The van der Waals surface area contributed by atoms with Crippen LogP contribution in [0.25, 0.3) is 11.3 Å². The highest BCUT2D eigenvalue weighted by atomic mass is 16.1. The number of H-pyrrole nitrogens is 1. The first kappa shape index (κ1) is 19.8. The van der Waals surface area contributed by atoms with Gasteiger partial charge in [-0.05, 0) is 31.3 Å². The fourth-order valence-electron chi connectivity index (χ4n) is 3.94. The molecule has 4 rings (SSSR count). The summed E-state index contributed by atoms with van der Waals surface area (Å²) in [6, 6.07) is 13.7. The molecule has 2 heterocycles. The molecule has 4 N–H and O–H groups in total. The summed E-state index contributed by atoms with van der Waals surface area (Å²) in [4.78, 5) is 34.0. The number of hydrogen-bond acceptors (Lipinski definition) is 5. The second kappa shape index (κ2) is 8.51. The number of fused-ring (bicyclic) bond motifs is 1. The summed E-state index contributed by atoms with van der Waals surface area (Å²) >= 11 is 0. The van der Waals surface area contributed by atoms with Gasteiger partial charge in [-0.25, -0.2) is 0 Å². The van der Waals surface area contributed by atoms with Crippen LogP contribution < -0.4 is 11.1 Å². The second-order valence-corrected chi connectivity index (χ2v) is 7.64. The number of rotatable bonds is 7. The number of ketones is 1. The smallest absolute Gasteiger partial charge is 0.218 e. The summed E-state index contributed by atoms with van der Waals surface area (Å²) in [7, 11) is 1.93. The highest BCUT2D eigenvalue weighted by Gasteiger charge is 2.33. The van der Waals surface area contributed by atoms with Crippen LogP contribution in [0.2, 0.25) is 0 Å². The van der Waals surface area contributed by atoms with Crippen molar-refractivity contribution in [2.75, 3.05) is 18.9 Å². The van der Waals surface area contributed by atoms with Crippen molar-refractivity contribution in [3.05, 3.63) is 66.1 Å². The Morgan fingerprint density at radius 2 is 1.93 bits per heavy atom. The summed E-state index contributed by atoms with van der Waals surface area (Å²) in [5, 5.41) is 3.45. The topological polar surface area (TPSA) is 104 Å². The predicted octanol–water partition coefficient (Wildman–Crippen LogP) is 3.13. The zero-order valence-electron chi connectivity index (χ0n) is 16.9. The van der Waals surface area contributed by atoms with Gasteiger partial charge in [0.05, 0.1) is 16.9 Å². The molecule has 2 aromatic heterocycles. The fraction of sp³-hybridized carbons (Fsp3) is 0.261. The van der Waals surface area contributed by atoms with E-state index < -0.39 is 0 Å². The molecular formula is C23H25N5O2. The fourth-order valence-corrected chi connectivity index (χ4v) is 3.94. The maximum atomic E-state index is 13.2. The normalized spacial score (nSPS) is 15.8. The van der Waals surface area contributed by atoms with E-state index >= 15 is 0 Å². The first-order valence-corrected chi connectivity index (χ1v) is 10.0. The van der Waals surface area contributed by atoms with E-state index in [1.807, 2.05) is 54.4 Å². The summed E-state index contributed by atoms with van der Waals surface area (Å²) in [5.41, 5.74) is 10.5. The third kappa shape index (κ3) is 4.11. The number of likely N-dealkylation sites (N-methyl/N-ethyl adjacent to an activating group) is 1. The Bertz CT molecular complexity index is 1050. The average Bonchev–Trinajstić information content (AvgIpc) is 3.12. The van der Waals surface area contributed by atoms with Crippen LogP contribution in [0.4, 0.5) is 11.4 Å². The van der Waals surface area contributed by atoms with E-state index in [1.54, 1.807) is 12.4 Å². The number of amides is 1. The van der Waals surface area contributed by atoms with Crippen LogP contribution in [0.15, 0.2) is 54.9 Å². The molecule has 0 fully saturated rings. The molecule has 7 heteroatoms. The van der Waals surface area contributed by atoms with Crippen molar-refractivity contribution in [3.8, 4) is 11.3 Å². The molecule has 0 saturated heterocycles. The van der Waals surface area contributed by atoms with Crippen molar-refractivity contribution >= 4 is 23.1 Å². The molecule has 0 radical (unpaired) electrons. The van der Waals surface area contributed by atoms with Gasteiger partial charge >= 0.3 is 0 Å². The third-order valence-electron chi connectivity index (χ3n) is 5.56. The van der Waals surface area contributed by atoms with Crippen LogP contribution in [0.3, 0.4) is 0 Å². The number of carbonyl (C=O) groups excluding carboxylic acids is 2. The number of anilines is 2. The standard InChI is InChI=1S/C23H25N5O2/c1-28(12-9-20(24)30)17-13-18-21(19(29)14-17)23(26-16-5-3-2-4-6-16)22(27-18)15-7-10-25-11-8-15/h2-8,10-11,17,26-27H,9,12-14H2,1H3,(H2,24,30). The minimum absolute atomic E-state index is 0.0258. The maximum absolute atomic E-state index is 13.2. The number of nitrogens with one attached hydrogen (secondary N) is 2. The lowest BCUT2D eigenvalue weighted by Crippen LogP contribution is -2.40. The summed E-state index contributed by atoms with van der Waals surface area (Å²) < 4.78 is 0. The number of primary amides is 1. The highest BCUT2D eigenvalue weighted by Crippen LogP contribution is 2.39. The molecule has 7 nitrogen and oxygen atoms in total. The Labute approximate surface area is 175 Å². The zero-order valence-corrected chi connectivity index (χ0v) is 16.9. The molecule has 1 unspecified atom stereocenters. The molecule has 1 aromatic carbocycles. The van der Waals surface area contributed by atoms with Gasteiger partial charge in [0, 0.05) is 61.2 Å². The summed E-state index contributed by atoms with van der Waals surface area (Å²) in [6.45, 7) is 0.537. The van der Waals surface area contributed by atoms with E-state index in [0.717, 1.165) is 28.3 Å². The number of Topliss-reactive ketones (excluding diaryl/α,β-unsaturated/α-hetero) is 1. The number of aromatic amines is 1. The first-order valence-electron chi connectivity index (χ1n) is 10.0. The second-order valence-electron chi connectivity index (χ2n) is 7.64. The van der Waals surface area contributed by atoms with Crippen LogP contribution in [0.5, 0.6) is 0 Å². The molecule has 1 aliphatic rings. The van der Waals surface area contributed by atoms with E-state index in [-0.39, 0.29) is 24.2 Å². The Morgan fingerprint density at radius 1 is 1.20 bits per heavy atom. The molecule has 1 aliphatic carbocycles. The number of carbonyl (C=O) groups is 2. The number of hydrogen-bond donors (Lipinski definition) is 3. The molecule has 30 heavy (non-hydrogen) atoms. The van der Waals surface area contributed by atoms with Crippen molar-refractivity contribution < 1.29 is 9.59 Å². The van der Waals surface area contributed by atoms with Crippen LogP contribution >= 0.6 is 0 Å². The lowest BCUT2D eigenvalue weighted by atomic mass is 9.90. The summed E-state index contributed by atoms with van der Waals surface area (Å²) in [6.07, 6.45) is 4.86. The maximum Gasteiger partial charge on any atom is 0.218 e. The Balaban J connectivity index is 1.71. The molecule has 1 atom stereocenters. The van der Waals surface area contributed by atoms with Crippen LogP contribution in [-0.2, 0) is 11.2 Å². The average molecular weight is 403 g/mol. The van der Waals surface area contributed by atoms with E-state index in [4.69, 9.17) is 5.73 Å². The van der Waals surface area contributed by atoms with E-state index in [9.17, 15) is 9.59 Å². The lowest BCUT2D eigenvalue weighted by molar-refractivity contribution is -0.118. The van der Waals surface area contributed by atoms with Gasteiger partial charge in [-0.3, -0.25) is 14.6 Å². The molecule has 3 aromatic rings. The lowest BCUT2D eigenvalue weighted by Gasteiger charge is -2.30. The Hall–Kier alpha value is -3.45. The quantitative estimate of drug-likeness (QED) is 0.562. The van der Waals surface area contributed by atoms with Crippen molar-refractivity contribution in [1.29, 1.82) is 0 Å². The van der Waals surface area contributed by atoms with Gasteiger partial charge in [0.1, 0.15) is 0 Å². The molecule has 1 amide bonds. The van der Waals surface area contributed by atoms with Crippen LogP contribution in [0.1, 0.15) is 28.9 Å². The number of nitrogens with zero attached hydrogens (tertiary/aromatic N) is 2. The van der Waals surface area contributed by atoms with Crippen LogP contribution in [0, 0.1) is 0 Å². The van der Waals surface area contributed by atoms with Crippen molar-refractivity contribution in [2.45, 2.75) is 25.3 Å². The van der Waals surface area contributed by atoms with Crippen molar-refractivity contribution in [3.63, 3.8) is 0 Å². The number of para-hydroxylation sites is 1. The SMILES string of the molecule is CN(CCC(N)=O)C1CC(=O)c2c([nH]c(-c3ccncc3)c2Nc2ccccc2)C1.